The van der Waals surface area contributed by atoms with Gasteiger partial charge < -0.3 is 24.6 Å². The number of carbonyl (C=O) groups is 2. The highest BCUT2D eigenvalue weighted by Crippen LogP contribution is 2.32. The van der Waals surface area contributed by atoms with Gasteiger partial charge in [0.2, 0.25) is 0 Å². The topological polar surface area (TPSA) is 98.2 Å². The maximum Gasteiger partial charge on any atom is 0.337 e. The Morgan fingerprint density at radius 3 is 2.26 bits per heavy atom. The summed E-state index contributed by atoms with van der Waals surface area (Å²) in [5.74, 6) is -0.487. The Balaban J connectivity index is 1.50. The molecule has 1 aliphatic rings. The molecule has 1 amide bonds. The van der Waals surface area contributed by atoms with Gasteiger partial charge in [0.1, 0.15) is 0 Å². The number of aromatic amines is 1. The van der Waals surface area contributed by atoms with Crippen molar-refractivity contribution in [3.63, 3.8) is 0 Å². The summed E-state index contributed by atoms with van der Waals surface area (Å²) in [5, 5.41) is 11.6. The molecule has 3 aromatic carbocycles. The highest BCUT2D eigenvalue weighted by atomic mass is 16.5. The third-order valence-corrected chi connectivity index (χ3v) is 6.95. The van der Waals surface area contributed by atoms with Crippen molar-refractivity contribution in [1.29, 1.82) is 0 Å². The number of ether oxygens (including phenoxy) is 1. The number of nitrogens with zero attached hydrogens (tertiary/aromatic N) is 3. The van der Waals surface area contributed by atoms with E-state index in [2.05, 4.69) is 16.8 Å². The largest absolute Gasteiger partial charge is 0.494 e. The van der Waals surface area contributed by atoms with Crippen LogP contribution in [0.4, 0.5) is 5.69 Å². The summed E-state index contributed by atoms with van der Waals surface area (Å²) in [6.45, 7) is 6.36. The zero-order valence-electron chi connectivity index (χ0n) is 21.5. The number of rotatable bonds is 6. The quantitative estimate of drug-likeness (QED) is 0.292. The van der Waals surface area contributed by atoms with Gasteiger partial charge in [-0.25, -0.2) is 9.79 Å². The van der Waals surface area contributed by atoms with Crippen LogP contribution in [0.15, 0.2) is 77.8 Å². The molecule has 0 saturated carbocycles. The fourth-order valence-corrected chi connectivity index (χ4v) is 4.79. The van der Waals surface area contributed by atoms with Gasteiger partial charge in [-0.1, -0.05) is 43.3 Å². The lowest BCUT2D eigenvalue weighted by atomic mass is 10.00. The maximum atomic E-state index is 13.0. The Hall–Kier alpha value is -4.43. The summed E-state index contributed by atoms with van der Waals surface area (Å²) < 4.78 is 4.82. The zero-order chi connectivity index (χ0) is 26.6. The number of hydrogen-bond donors (Lipinski definition) is 2. The Kier molecular flexibility index (Phi) is 7.24. The standard InChI is InChI=1S/C30H30N4O4/c1-3-33-15-17-34(18-16-33)29(36)21-9-12-23(13-10-21)31-27(20-7-5-4-6-8-20)26-24-14-11-22(30(37)38-2)19-25(24)32-28(26)35/h4-14,19,32,35H,3,15-18H2,1-2H3. The van der Waals surface area contributed by atoms with Crippen molar-refractivity contribution in [2.24, 2.45) is 4.99 Å². The number of piperazine rings is 1. The molecule has 0 unspecified atom stereocenters. The van der Waals surface area contributed by atoms with E-state index in [0.29, 0.717) is 33.6 Å². The van der Waals surface area contributed by atoms with Gasteiger partial charge >= 0.3 is 5.97 Å². The highest BCUT2D eigenvalue weighted by Gasteiger charge is 2.22. The summed E-state index contributed by atoms with van der Waals surface area (Å²) >= 11 is 0. The van der Waals surface area contributed by atoms with Gasteiger partial charge in [0.05, 0.1) is 29.6 Å². The van der Waals surface area contributed by atoms with Gasteiger partial charge in [0, 0.05) is 48.2 Å². The third kappa shape index (κ3) is 5.03. The van der Waals surface area contributed by atoms with E-state index in [1.807, 2.05) is 47.4 Å². The predicted octanol–water partition coefficient (Wildman–Crippen LogP) is 4.61. The summed E-state index contributed by atoms with van der Waals surface area (Å²) in [5.41, 5.74) is 4.15. The number of amides is 1. The molecule has 8 nitrogen and oxygen atoms in total. The number of aromatic hydroxyl groups is 1. The smallest absolute Gasteiger partial charge is 0.337 e. The molecule has 4 aromatic rings. The first-order valence-corrected chi connectivity index (χ1v) is 12.7. The second-order valence-corrected chi connectivity index (χ2v) is 9.20. The van der Waals surface area contributed by atoms with Gasteiger partial charge in [-0.2, -0.15) is 0 Å². The molecule has 2 N–H and O–H groups in total. The van der Waals surface area contributed by atoms with E-state index in [4.69, 9.17) is 9.73 Å². The van der Waals surface area contributed by atoms with E-state index in [1.165, 1.54) is 7.11 Å². The number of esters is 1. The molecular formula is C30H30N4O4. The van der Waals surface area contributed by atoms with Gasteiger partial charge in [0.15, 0.2) is 5.88 Å². The van der Waals surface area contributed by atoms with Crippen molar-refractivity contribution >= 4 is 34.2 Å². The van der Waals surface area contributed by atoms with Crippen LogP contribution in [-0.2, 0) is 4.74 Å². The minimum Gasteiger partial charge on any atom is -0.494 e. The van der Waals surface area contributed by atoms with Crippen molar-refractivity contribution in [2.45, 2.75) is 6.92 Å². The van der Waals surface area contributed by atoms with Gasteiger partial charge in [-0.15, -0.1) is 0 Å². The SMILES string of the molecule is CCN1CCN(C(=O)c2ccc(N=C(c3ccccc3)c3c(O)[nH]c4cc(C(=O)OC)ccc34)cc2)CC1. The first-order valence-electron chi connectivity index (χ1n) is 12.7. The first-order chi connectivity index (χ1) is 18.5. The molecule has 1 fully saturated rings. The van der Waals surface area contributed by atoms with E-state index in [0.717, 1.165) is 43.7 Å². The Bertz CT molecular complexity index is 1480. The Morgan fingerprint density at radius 1 is 0.921 bits per heavy atom. The van der Waals surface area contributed by atoms with Crippen molar-refractivity contribution in [2.75, 3.05) is 39.8 Å². The maximum absolute atomic E-state index is 13.0. The number of aromatic nitrogens is 1. The van der Waals surface area contributed by atoms with Crippen molar-refractivity contribution in [3.05, 3.63) is 95.1 Å². The number of likely N-dealkylation sites (N-methyl/N-ethyl adjacent to an activating group) is 1. The van der Waals surface area contributed by atoms with E-state index in [9.17, 15) is 14.7 Å². The zero-order valence-corrected chi connectivity index (χ0v) is 21.5. The van der Waals surface area contributed by atoms with Crippen LogP contribution >= 0.6 is 0 Å². The summed E-state index contributed by atoms with van der Waals surface area (Å²) in [6, 6.07) is 21.9. The number of hydrogen-bond acceptors (Lipinski definition) is 6. The van der Waals surface area contributed by atoms with Gasteiger partial charge in [0.25, 0.3) is 5.91 Å². The van der Waals surface area contributed by atoms with Crippen LogP contribution in [0.2, 0.25) is 0 Å². The lowest BCUT2D eigenvalue weighted by molar-refractivity contribution is 0.0599. The summed E-state index contributed by atoms with van der Waals surface area (Å²) in [7, 11) is 1.33. The van der Waals surface area contributed by atoms with Crippen LogP contribution in [0.5, 0.6) is 5.88 Å². The van der Waals surface area contributed by atoms with Crippen LogP contribution in [0.25, 0.3) is 10.9 Å². The second kappa shape index (κ2) is 10.9. The average molecular weight is 511 g/mol. The Morgan fingerprint density at radius 2 is 1.61 bits per heavy atom. The average Bonchev–Trinajstić information content (AvgIpc) is 3.30. The molecule has 0 aliphatic carbocycles. The molecule has 38 heavy (non-hydrogen) atoms. The van der Waals surface area contributed by atoms with E-state index in [1.54, 1.807) is 30.3 Å². The van der Waals surface area contributed by atoms with Crippen LogP contribution in [-0.4, -0.2) is 77.3 Å². The highest BCUT2D eigenvalue weighted by molar-refractivity contribution is 6.22. The molecule has 0 radical (unpaired) electrons. The molecule has 2 heterocycles. The number of methoxy groups -OCH3 is 1. The molecule has 0 bridgehead atoms. The molecular weight excluding hydrogens is 480 g/mol. The van der Waals surface area contributed by atoms with Crippen molar-refractivity contribution in [3.8, 4) is 5.88 Å². The molecule has 8 heteroatoms. The number of carbonyl (C=O) groups excluding carboxylic acids is 2. The lowest BCUT2D eigenvalue weighted by Gasteiger charge is -2.34. The van der Waals surface area contributed by atoms with Gasteiger partial charge in [-0.05, 0) is 42.9 Å². The van der Waals surface area contributed by atoms with Gasteiger partial charge in [-0.3, -0.25) is 4.79 Å². The molecule has 194 valence electrons. The van der Waals surface area contributed by atoms with E-state index in [-0.39, 0.29) is 11.8 Å². The van der Waals surface area contributed by atoms with Crippen molar-refractivity contribution < 1.29 is 19.4 Å². The first kappa shape index (κ1) is 25.2. The number of aliphatic imine (C=N–C) groups is 1. The third-order valence-electron chi connectivity index (χ3n) is 6.95. The van der Waals surface area contributed by atoms with Crippen LogP contribution in [0.1, 0.15) is 38.8 Å². The lowest BCUT2D eigenvalue weighted by Crippen LogP contribution is -2.48. The minimum absolute atomic E-state index is 0.0234. The molecule has 0 atom stereocenters. The van der Waals surface area contributed by atoms with Crippen LogP contribution in [0, 0.1) is 0 Å². The fourth-order valence-electron chi connectivity index (χ4n) is 4.79. The van der Waals surface area contributed by atoms with Crippen molar-refractivity contribution in [1.82, 2.24) is 14.8 Å². The predicted molar refractivity (Wildman–Crippen MR) is 148 cm³/mol. The fraction of sp³-hybridized carbons (Fsp3) is 0.233. The molecule has 0 spiro atoms. The van der Waals surface area contributed by atoms with E-state index >= 15 is 0 Å². The summed E-state index contributed by atoms with van der Waals surface area (Å²) in [4.78, 5) is 37.1. The normalized spacial score (nSPS) is 14.6. The molecule has 1 aliphatic heterocycles. The number of nitrogens with one attached hydrogen (secondary N) is 1. The van der Waals surface area contributed by atoms with Crippen LogP contribution in [0.3, 0.4) is 0 Å². The molecule has 5 rings (SSSR count). The monoisotopic (exact) mass is 510 g/mol. The Labute approximate surface area is 221 Å². The summed E-state index contributed by atoms with van der Waals surface area (Å²) in [6.07, 6.45) is 0. The number of H-pyrrole nitrogens is 1. The number of benzene rings is 3. The van der Waals surface area contributed by atoms with E-state index < -0.39 is 5.97 Å². The molecule has 1 saturated heterocycles. The van der Waals surface area contributed by atoms with Crippen LogP contribution < -0.4 is 0 Å². The number of fused-ring (bicyclic) bond motifs is 1. The second-order valence-electron chi connectivity index (χ2n) is 9.20. The molecule has 1 aromatic heterocycles. The minimum atomic E-state index is -0.457.